The van der Waals surface area contributed by atoms with Gasteiger partial charge in [0.05, 0.1) is 35.3 Å². The molecule has 10 aromatic heterocycles. The summed E-state index contributed by atoms with van der Waals surface area (Å²) in [5.41, 5.74) is 6.22. The molecular weight excluding hydrogens is 1170 g/mol. The molecule has 15 rings (SSSR count). The van der Waals surface area contributed by atoms with E-state index in [-0.39, 0.29) is 22.8 Å². The van der Waals surface area contributed by atoms with Crippen molar-refractivity contribution >= 4 is 112 Å². The van der Waals surface area contributed by atoms with Gasteiger partial charge in [-0.2, -0.15) is 19.7 Å². The smallest absolute Gasteiger partial charge is 0.216 e. The van der Waals surface area contributed by atoms with Crippen molar-refractivity contribution in [2.45, 2.75) is 43.8 Å². The number of benzene rings is 2. The standard InChI is InChI=1S/C18H18FN7OS2.2C18H18N6OS2/c1-26(10-2-4-20-5-3-10)18-24-17-16(29-18)23-15(28-17)13-12(27)6-9(7-21-13)11-8-22-25-14(11)19;2*1-24(12-4-5-19-9-12)18-23-17-16(27-18)22-15(26-17)13-3-2-10(6-14(13)25)11-7-20-21-8-11/h6-8,10,20,27H,2-5H2,1H3,(H,22,25);2*2-3,6-8,12,19,25H,4-5,9H2,1H3,(H,20,21). The molecule has 83 heavy (non-hydrogen) atoms. The Morgan fingerprint density at radius 2 is 0.904 bits per heavy atom. The first-order chi connectivity index (χ1) is 40.5. The number of likely N-dealkylation sites (N-methyl/N-ethyl adjacent to an activating group) is 2. The Bertz CT molecular complexity index is 3900. The third-order valence-corrected chi connectivity index (χ3v) is 21.3. The molecule has 0 spiro atoms. The summed E-state index contributed by atoms with van der Waals surface area (Å²) in [4.78, 5) is 44.7. The number of nitrogens with one attached hydrogen (secondary N) is 6. The Morgan fingerprint density at radius 1 is 0.458 bits per heavy atom. The Kier molecular flexibility index (Phi) is 15.5. The van der Waals surface area contributed by atoms with Gasteiger partial charge in [0.25, 0.3) is 0 Å². The highest BCUT2D eigenvalue weighted by Crippen LogP contribution is 2.44. The predicted octanol–water partition coefficient (Wildman–Crippen LogP) is 9.86. The summed E-state index contributed by atoms with van der Waals surface area (Å²) in [5.74, 6) is -0.200. The minimum Gasteiger partial charge on any atom is -0.507 e. The molecule has 0 amide bonds. The van der Waals surface area contributed by atoms with Crippen molar-refractivity contribution in [2.75, 3.05) is 75.1 Å². The highest BCUT2D eigenvalue weighted by Gasteiger charge is 2.27. The van der Waals surface area contributed by atoms with E-state index in [0.29, 0.717) is 34.4 Å². The quantitative estimate of drug-likeness (QED) is 0.0550. The minimum atomic E-state index is -0.566. The second-order valence-electron chi connectivity index (χ2n) is 20.1. The van der Waals surface area contributed by atoms with E-state index in [1.807, 2.05) is 24.3 Å². The number of phenolic OH excluding ortho intramolecular Hbond substituents is 2. The van der Waals surface area contributed by atoms with E-state index in [1.54, 1.807) is 70.9 Å². The van der Waals surface area contributed by atoms with Crippen molar-refractivity contribution in [1.29, 1.82) is 0 Å². The lowest BCUT2D eigenvalue weighted by Gasteiger charge is -2.31. The molecule has 12 aromatic rings. The molecule has 29 heteroatoms. The summed E-state index contributed by atoms with van der Waals surface area (Å²) in [5, 5.41) is 66.1. The van der Waals surface area contributed by atoms with Gasteiger partial charge in [-0.15, -0.1) is 0 Å². The van der Waals surface area contributed by atoms with Crippen LogP contribution in [-0.2, 0) is 0 Å². The molecule has 2 atom stereocenters. The maximum atomic E-state index is 13.7. The van der Waals surface area contributed by atoms with Crippen LogP contribution in [0.4, 0.5) is 19.8 Å². The monoisotopic (exact) mass is 1230 g/mol. The molecule has 0 bridgehead atoms. The van der Waals surface area contributed by atoms with Gasteiger partial charge >= 0.3 is 0 Å². The molecule has 2 aromatic carbocycles. The Morgan fingerprint density at radius 3 is 1.33 bits per heavy atom. The molecule has 426 valence electrons. The number of halogens is 1. The molecule has 3 aliphatic heterocycles. The van der Waals surface area contributed by atoms with Gasteiger partial charge in [0, 0.05) is 87.6 Å². The zero-order chi connectivity index (χ0) is 56.7. The number of hydrogen-bond acceptors (Lipinski definition) is 25. The van der Waals surface area contributed by atoms with Gasteiger partial charge in [-0.25, -0.2) is 34.9 Å². The van der Waals surface area contributed by atoms with Crippen molar-refractivity contribution in [1.82, 2.24) is 81.4 Å². The van der Waals surface area contributed by atoms with E-state index < -0.39 is 5.95 Å². The van der Waals surface area contributed by atoms with Crippen molar-refractivity contribution in [3.05, 3.63) is 85.6 Å². The fourth-order valence-electron chi connectivity index (χ4n) is 10.1. The predicted molar refractivity (Wildman–Crippen MR) is 331 cm³/mol. The topological polar surface area (TPSA) is 283 Å². The lowest BCUT2D eigenvalue weighted by atomic mass is 10.1. The van der Waals surface area contributed by atoms with Crippen LogP contribution in [0, 0.1) is 5.95 Å². The van der Waals surface area contributed by atoms with Gasteiger partial charge in [0.2, 0.25) is 5.95 Å². The van der Waals surface area contributed by atoms with Crippen LogP contribution in [0.3, 0.4) is 0 Å². The highest BCUT2D eigenvalue weighted by molar-refractivity contribution is 7.31. The number of pyridine rings is 1. The van der Waals surface area contributed by atoms with Crippen LogP contribution >= 0.6 is 68.0 Å². The summed E-state index contributed by atoms with van der Waals surface area (Å²) >= 11 is 9.18. The first-order valence-electron chi connectivity index (χ1n) is 26.6. The fraction of sp³-hybridized carbons (Fsp3) is 0.296. The molecule has 13 heterocycles. The van der Waals surface area contributed by atoms with Crippen LogP contribution in [0.25, 0.3) is 94.2 Å². The molecule has 3 aliphatic rings. The minimum absolute atomic E-state index is 0.0587. The third kappa shape index (κ3) is 11.3. The lowest BCUT2D eigenvalue weighted by molar-refractivity contribution is 0.443. The summed E-state index contributed by atoms with van der Waals surface area (Å²) in [7, 11) is 6.28. The number of fused-ring (bicyclic) bond motifs is 3. The Balaban J connectivity index is 0.000000117. The first-order valence-corrected chi connectivity index (χ1v) is 31.5. The largest absolute Gasteiger partial charge is 0.507 e. The Hall–Kier alpha value is -7.61. The maximum absolute atomic E-state index is 13.7. The maximum Gasteiger partial charge on any atom is 0.216 e. The van der Waals surface area contributed by atoms with Crippen LogP contribution in [0.5, 0.6) is 17.2 Å². The van der Waals surface area contributed by atoms with Crippen molar-refractivity contribution in [3.8, 4) is 82.5 Å². The Labute approximate surface area is 497 Å². The van der Waals surface area contributed by atoms with Gasteiger partial charge in [-0.1, -0.05) is 80.2 Å². The van der Waals surface area contributed by atoms with Crippen LogP contribution in [0.2, 0.25) is 0 Å². The second kappa shape index (κ2) is 23.6. The number of rotatable bonds is 12. The van der Waals surface area contributed by atoms with Crippen molar-refractivity contribution < 1.29 is 19.7 Å². The summed E-state index contributed by atoms with van der Waals surface area (Å²) in [6.07, 6.45) is 14.4. The van der Waals surface area contributed by atoms with Crippen LogP contribution in [-0.4, -0.2) is 159 Å². The van der Waals surface area contributed by atoms with Crippen LogP contribution in [0.15, 0.2) is 79.6 Å². The number of hydrogen-bond donors (Lipinski definition) is 9. The number of aromatic hydroxyl groups is 3. The second-order valence-corrected chi connectivity index (χ2v) is 25.9. The average molecular weight is 1230 g/mol. The van der Waals surface area contributed by atoms with Gasteiger partial charge in [0.15, 0.2) is 44.4 Å². The van der Waals surface area contributed by atoms with Crippen molar-refractivity contribution in [3.63, 3.8) is 0 Å². The number of aromatic amines is 3. The normalized spacial score (nSPS) is 16.4. The summed E-state index contributed by atoms with van der Waals surface area (Å²) < 4.78 is 13.7. The third-order valence-electron chi connectivity index (χ3n) is 14.9. The molecule has 3 fully saturated rings. The number of aromatic nitrogens is 13. The molecular formula is C54H54FN19O3S6. The molecule has 0 radical (unpaired) electrons. The molecule has 0 saturated carbocycles. The molecule has 22 nitrogen and oxygen atoms in total. The van der Waals surface area contributed by atoms with E-state index in [1.165, 1.54) is 52.5 Å². The van der Waals surface area contributed by atoms with Gasteiger partial charge < -0.3 is 46.0 Å². The molecule has 0 aliphatic carbocycles. The number of nitrogens with zero attached hydrogens (tertiary/aromatic N) is 13. The molecule has 2 unspecified atom stereocenters. The lowest BCUT2D eigenvalue weighted by Crippen LogP contribution is -2.41. The number of anilines is 3. The van der Waals surface area contributed by atoms with E-state index in [0.717, 1.165) is 153 Å². The average Bonchev–Trinajstić information content (AvgIpc) is 3.73. The number of piperidine rings is 1. The summed E-state index contributed by atoms with van der Waals surface area (Å²) in [6, 6.07) is 14.2. The van der Waals surface area contributed by atoms with E-state index in [4.69, 9.17) is 24.9 Å². The van der Waals surface area contributed by atoms with Gasteiger partial charge in [-0.05, 0) is 93.3 Å². The highest BCUT2D eigenvalue weighted by atomic mass is 32.1. The number of thiazole rings is 6. The molecule has 3 saturated heterocycles. The van der Waals surface area contributed by atoms with E-state index >= 15 is 0 Å². The van der Waals surface area contributed by atoms with E-state index in [9.17, 15) is 19.7 Å². The van der Waals surface area contributed by atoms with E-state index in [2.05, 4.69) is 92.4 Å². The SMILES string of the molecule is CN(c1nc2sc(-c3ccc(-c4cn[nH]c4)cc3O)nc2s1)C1CCNC1.CN(c1nc2sc(-c3ccc(-c4cn[nH]c4)cc3O)nc2s1)C1CCNC1.CN(c1nc2sc(-c3ncc(-c4cn[nH]c4F)cc3O)nc2s1)C1CCNCC1. The molecule has 9 N–H and O–H groups in total. The fourth-order valence-corrected chi connectivity index (χ4v) is 16.4. The number of H-pyrrole nitrogens is 3. The number of phenols is 2. The zero-order valence-electron chi connectivity index (χ0n) is 44.8. The van der Waals surface area contributed by atoms with Gasteiger partial charge in [-0.3, -0.25) is 15.3 Å². The van der Waals surface area contributed by atoms with Crippen LogP contribution in [0.1, 0.15) is 25.7 Å². The van der Waals surface area contributed by atoms with Crippen molar-refractivity contribution in [2.24, 2.45) is 0 Å². The van der Waals surface area contributed by atoms with Gasteiger partial charge in [0.1, 0.15) is 38.0 Å². The zero-order valence-corrected chi connectivity index (χ0v) is 49.7. The van der Waals surface area contributed by atoms with Crippen LogP contribution < -0.4 is 30.7 Å². The first kappa shape index (κ1) is 54.6. The summed E-state index contributed by atoms with van der Waals surface area (Å²) in [6.45, 7) is 6.18.